The van der Waals surface area contributed by atoms with Gasteiger partial charge >= 0.3 is 0 Å². The van der Waals surface area contributed by atoms with E-state index in [-0.39, 0.29) is 0 Å². The van der Waals surface area contributed by atoms with Gasteiger partial charge in [-0.25, -0.2) is 9.97 Å². The Kier molecular flexibility index (Phi) is 3.48. The zero-order chi connectivity index (χ0) is 14.1. The smallest absolute Gasteiger partial charge is 0.185 e. The predicted octanol–water partition coefficient (Wildman–Crippen LogP) is 2.06. The van der Waals surface area contributed by atoms with Crippen LogP contribution in [0.2, 0.25) is 0 Å². The molecule has 5 nitrogen and oxygen atoms in total. The lowest BCUT2D eigenvalue weighted by Crippen LogP contribution is -2.46. The summed E-state index contributed by atoms with van der Waals surface area (Å²) in [5.74, 6) is 0.570. The standard InChI is InChI=1S/C14H19N5S/c1-10-11(2)20-14(17-10)19-7-5-18(6-8-19)12-3-4-13(15)16-9-12/h3-4,9H,5-8H2,1-2H3,(H2,15,16). The Morgan fingerprint density at radius 2 is 1.80 bits per heavy atom. The highest BCUT2D eigenvalue weighted by Crippen LogP contribution is 2.26. The minimum absolute atomic E-state index is 0.570. The highest BCUT2D eigenvalue weighted by Gasteiger charge is 2.20. The first-order valence-corrected chi connectivity index (χ1v) is 7.60. The van der Waals surface area contributed by atoms with Gasteiger partial charge in [0, 0.05) is 31.1 Å². The van der Waals surface area contributed by atoms with Crippen molar-refractivity contribution in [1.29, 1.82) is 0 Å². The van der Waals surface area contributed by atoms with Crippen LogP contribution in [0, 0.1) is 13.8 Å². The zero-order valence-corrected chi connectivity index (χ0v) is 12.7. The van der Waals surface area contributed by atoms with Gasteiger partial charge in [0.25, 0.3) is 0 Å². The number of hydrogen-bond acceptors (Lipinski definition) is 6. The minimum Gasteiger partial charge on any atom is -0.384 e. The molecule has 0 saturated carbocycles. The third-order valence-corrected chi connectivity index (χ3v) is 4.84. The second-order valence-corrected chi connectivity index (χ2v) is 6.24. The van der Waals surface area contributed by atoms with Gasteiger partial charge in [0.1, 0.15) is 5.82 Å². The summed E-state index contributed by atoms with van der Waals surface area (Å²) < 4.78 is 0. The highest BCUT2D eigenvalue weighted by atomic mass is 32.1. The Bertz CT molecular complexity index is 565. The van der Waals surface area contributed by atoms with E-state index in [2.05, 4.69) is 33.6 Å². The molecular formula is C14H19N5S. The SMILES string of the molecule is Cc1nc(N2CCN(c3ccc(N)nc3)CC2)sc1C. The fourth-order valence-corrected chi connectivity index (χ4v) is 3.29. The van der Waals surface area contributed by atoms with Gasteiger partial charge in [-0.2, -0.15) is 0 Å². The number of nitrogens with zero attached hydrogens (tertiary/aromatic N) is 4. The molecule has 106 valence electrons. The normalized spacial score (nSPS) is 15.7. The van der Waals surface area contributed by atoms with Gasteiger partial charge in [-0.05, 0) is 26.0 Å². The van der Waals surface area contributed by atoms with Crippen LogP contribution < -0.4 is 15.5 Å². The van der Waals surface area contributed by atoms with Crippen molar-refractivity contribution < 1.29 is 0 Å². The maximum absolute atomic E-state index is 5.63. The number of anilines is 3. The summed E-state index contributed by atoms with van der Waals surface area (Å²) in [7, 11) is 0. The van der Waals surface area contributed by atoms with Crippen molar-refractivity contribution in [3.8, 4) is 0 Å². The molecule has 3 rings (SSSR count). The Morgan fingerprint density at radius 1 is 1.10 bits per heavy atom. The van der Waals surface area contributed by atoms with Crippen molar-refractivity contribution in [3.05, 3.63) is 28.9 Å². The summed E-state index contributed by atoms with van der Waals surface area (Å²) in [5.41, 5.74) is 7.92. The Labute approximate surface area is 123 Å². The molecule has 2 aromatic rings. The molecular weight excluding hydrogens is 270 g/mol. The van der Waals surface area contributed by atoms with Crippen LogP contribution in [0.1, 0.15) is 10.6 Å². The second-order valence-electron chi connectivity index (χ2n) is 5.05. The van der Waals surface area contributed by atoms with E-state index in [1.165, 1.54) is 4.88 Å². The number of hydrogen-bond donors (Lipinski definition) is 1. The predicted molar refractivity (Wildman–Crippen MR) is 84.7 cm³/mol. The van der Waals surface area contributed by atoms with Gasteiger partial charge in [0.05, 0.1) is 17.6 Å². The first-order valence-electron chi connectivity index (χ1n) is 6.79. The molecule has 2 N–H and O–H groups in total. The van der Waals surface area contributed by atoms with Crippen molar-refractivity contribution in [1.82, 2.24) is 9.97 Å². The molecule has 1 saturated heterocycles. The van der Waals surface area contributed by atoms with Crippen LogP contribution >= 0.6 is 11.3 Å². The van der Waals surface area contributed by atoms with E-state index < -0.39 is 0 Å². The molecule has 0 aromatic carbocycles. The Hall–Kier alpha value is -1.82. The number of thiazole rings is 1. The highest BCUT2D eigenvalue weighted by molar-refractivity contribution is 7.15. The zero-order valence-electron chi connectivity index (χ0n) is 11.8. The number of aromatic nitrogens is 2. The van der Waals surface area contributed by atoms with Crippen molar-refractivity contribution in [2.24, 2.45) is 0 Å². The molecule has 0 spiro atoms. The average Bonchev–Trinajstić information content (AvgIpc) is 2.80. The van der Waals surface area contributed by atoms with Crippen LogP contribution in [0.15, 0.2) is 18.3 Å². The summed E-state index contributed by atoms with van der Waals surface area (Å²) >= 11 is 1.79. The third kappa shape index (κ3) is 2.56. The van der Waals surface area contributed by atoms with E-state index in [9.17, 15) is 0 Å². The molecule has 0 amide bonds. The lowest BCUT2D eigenvalue weighted by Gasteiger charge is -2.35. The quantitative estimate of drug-likeness (QED) is 0.917. The Morgan fingerprint density at radius 3 is 2.35 bits per heavy atom. The number of nitrogens with two attached hydrogens (primary N) is 1. The molecule has 1 fully saturated rings. The summed E-state index contributed by atoms with van der Waals surface area (Å²) in [4.78, 5) is 14.8. The summed E-state index contributed by atoms with van der Waals surface area (Å²) in [6.07, 6.45) is 1.85. The molecule has 3 heterocycles. The minimum atomic E-state index is 0.570. The van der Waals surface area contributed by atoms with E-state index in [0.29, 0.717) is 5.82 Å². The lowest BCUT2D eigenvalue weighted by atomic mass is 10.3. The van der Waals surface area contributed by atoms with Crippen LogP contribution in [0.4, 0.5) is 16.6 Å². The van der Waals surface area contributed by atoms with Crippen molar-refractivity contribution in [3.63, 3.8) is 0 Å². The van der Waals surface area contributed by atoms with Gasteiger partial charge in [-0.3, -0.25) is 0 Å². The van der Waals surface area contributed by atoms with E-state index in [0.717, 1.165) is 42.7 Å². The first-order chi connectivity index (χ1) is 9.63. The number of rotatable bonds is 2. The largest absolute Gasteiger partial charge is 0.384 e. The summed E-state index contributed by atoms with van der Waals surface area (Å²) in [5, 5.41) is 1.15. The number of pyridine rings is 1. The number of aryl methyl sites for hydroxylation is 2. The van der Waals surface area contributed by atoms with Gasteiger partial charge in [0.2, 0.25) is 0 Å². The number of piperazine rings is 1. The molecule has 1 aliphatic heterocycles. The monoisotopic (exact) mass is 289 g/mol. The first kappa shape index (κ1) is 13.2. The van der Waals surface area contributed by atoms with Gasteiger partial charge in [-0.1, -0.05) is 0 Å². The molecule has 0 atom stereocenters. The van der Waals surface area contributed by atoms with Gasteiger partial charge < -0.3 is 15.5 Å². The molecule has 20 heavy (non-hydrogen) atoms. The maximum Gasteiger partial charge on any atom is 0.185 e. The van der Waals surface area contributed by atoms with Crippen LogP contribution in [0.3, 0.4) is 0 Å². The molecule has 0 unspecified atom stereocenters. The Balaban J connectivity index is 1.66. The van der Waals surface area contributed by atoms with Gasteiger partial charge in [-0.15, -0.1) is 11.3 Å². The van der Waals surface area contributed by atoms with E-state index >= 15 is 0 Å². The molecule has 6 heteroatoms. The van der Waals surface area contributed by atoms with Crippen molar-refractivity contribution in [2.75, 3.05) is 41.7 Å². The maximum atomic E-state index is 5.63. The molecule has 0 radical (unpaired) electrons. The van der Waals surface area contributed by atoms with Crippen LogP contribution in [-0.4, -0.2) is 36.1 Å². The van der Waals surface area contributed by atoms with Gasteiger partial charge in [0.15, 0.2) is 5.13 Å². The fourth-order valence-electron chi connectivity index (χ4n) is 2.33. The molecule has 2 aromatic heterocycles. The molecule has 0 bridgehead atoms. The van der Waals surface area contributed by atoms with E-state index in [4.69, 9.17) is 5.73 Å². The number of nitrogen functional groups attached to an aromatic ring is 1. The summed E-state index contributed by atoms with van der Waals surface area (Å²) in [6, 6.07) is 3.89. The third-order valence-electron chi connectivity index (χ3n) is 3.70. The molecule has 0 aliphatic carbocycles. The van der Waals surface area contributed by atoms with Crippen LogP contribution in [0.25, 0.3) is 0 Å². The second kappa shape index (κ2) is 5.28. The molecule has 1 aliphatic rings. The van der Waals surface area contributed by atoms with E-state index in [1.807, 2.05) is 18.3 Å². The fraction of sp³-hybridized carbons (Fsp3) is 0.429. The van der Waals surface area contributed by atoms with Crippen LogP contribution in [0.5, 0.6) is 0 Å². The summed E-state index contributed by atoms with van der Waals surface area (Å²) in [6.45, 7) is 8.18. The topological polar surface area (TPSA) is 58.3 Å². The average molecular weight is 289 g/mol. The van der Waals surface area contributed by atoms with E-state index in [1.54, 1.807) is 11.3 Å². The van der Waals surface area contributed by atoms with Crippen LogP contribution in [-0.2, 0) is 0 Å². The van der Waals surface area contributed by atoms with Crippen molar-refractivity contribution in [2.45, 2.75) is 13.8 Å². The lowest BCUT2D eigenvalue weighted by molar-refractivity contribution is 0.651. The van der Waals surface area contributed by atoms with Crippen molar-refractivity contribution >= 4 is 28.0 Å².